The number of ether oxygens (including phenoxy) is 3. The van der Waals surface area contributed by atoms with Crippen LogP contribution >= 0.6 is 0 Å². The van der Waals surface area contributed by atoms with E-state index < -0.39 is 0 Å². The molecular formula is C19H16N2O5. The Balaban J connectivity index is 1.32. The number of oxazole rings is 1. The van der Waals surface area contributed by atoms with Crippen LogP contribution in [0, 0.1) is 0 Å². The molecule has 0 bridgehead atoms. The van der Waals surface area contributed by atoms with Gasteiger partial charge in [0.15, 0.2) is 23.8 Å². The minimum absolute atomic E-state index is 0.103. The van der Waals surface area contributed by atoms with Gasteiger partial charge in [-0.2, -0.15) is 0 Å². The molecule has 1 aliphatic rings. The van der Waals surface area contributed by atoms with Crippen molar-refractivity contribution in [1.82, 2.24) is 10.3 Å². The van der Waals surface area contributed by atoms with Crippen molar-refractivity contribution >= 4 is 5.91 Å². The van der Waals surface area contributed by atoms with E-state index in [2.05, 4.69) is 10.3 Å². The average molecular weight is 352 g/mol. The van der Waals surface area contributed by atoms with E-state index in [1.165, 1.54) is 6.26 Å². The molecule has 0 saturated heterocycles. The van der Waals surface area contributed by atoms with Crippen molar-refractivity contribution in [3.8, 4) is 17.2 Å². The standard InChI is InChI=1S/C19H16N2O5/c22-19(20-9-13-4-2-1-3-5-13)15-10-24-18(21-15)11-23-14-6-7-16-17(8-14)26-12-25-16/h1-8,10H,9,11-12H2,(H,20,22). The molecule has 7 nitrogen and oxygen atoms in total. The summed E-state index contributed by atoms with van der Waals surface area (Å²) in [6.07, 6.45) is 1.32. The Labute approximate surface area is 149 Å². The topological polar surface area (TPSA) is 82.8 Å². The number of nitrogens with zero attached hydrogens (tertiary/aromatic N) is 1. The monoisotopic (exact) mass is 352 g/mol. The van der Waals surface area contributed by atoms with E-state index in [0.29, 0.717) is 29.7 Å². The van der Waals surface area contributed by atoms with Crippen molar-refractivity contribution in [1.29, 1.82) is 0 Å². The van der Waals surface area contributed by atoms with Crippen LogP contribution in [0.1, 0.15) is 21.9 Å². The van der Waals surface area contributed by atoms with Crippen LogP contribution in [0.5, 0.6) is 17.2 Å². The second kappa shape index (κ2) is 7.18. The van der Waals surface area contributed by atoms with Crippen molar-refractivity contribution in [2.24, 2.45) is 0 Å². The van der Waals surface area contributed by atoms with Gasteiger partial charge in [-0.05, 0) is 17.7 Å². The second-order valence-corrected chi connectivity index (χ2v) is 5.60. The Hall–Kier alpha value is -3.48. The smallest absolute Gasteiger partial charge is 0.273 e. The Morgan fingerprint density at radius 1 is 1.12 bits per heavy atom. The maximum Gasteiger partial charge on any atom is 0.273 e. The molecular weight excluding hydrogens is 336 g/mol. The first kappa shape index (κ1) is 16.0. The lowest BCUT2D eigenvalue weighted by molar-refractivity contribution is 0.0946. The summed E-state index contributed by atoms with van der Waals surface area (Å²) in [5, 5.41) is 2.80. The molecule has 0 unspecified atom stereocenters. The third kappa shape index (κ3) is 3.61. The number of carbonyl (C=O) groups is 1. The highest BCUT2D eigenvalue weighted by Gasteiger charge is 2.15. The number of aromatic nitrogens is 1. The van der Waals surface area contributed by atoms with Gasteiger partial charge in [0.25, 0.3) is 5.91 Å². The quantitative estimate of drug-likeness (QED) is 0.734. The van der Waals surface area contributed by atoms with Crippen molar-refractivity contribution in [3.05, 3.63) is 71.9 Å². The van der Waals surface area contributed by atoms with E-state index in [9.17, 15) is 4.79 Å². The Morgan fingerprint density at radius 2 is 1.96 bits per heavy atom. The molecule has 1 amide bonds. The molecule has 0 saturated carbocycles. The number of nitrogens with one attached hydrogen (secondary N) is 1. The first-order valence-electron chi connectivity index (χ1n) is 8.07. The summed E-state index contributed by atoms with van der Waals surface area (Å²) in [5.74, 6) is 1.93. The first-order valence-corrected chi connectivity index (χ1v) is 8.07. The van der Waals surface area contributed by atoms with Gasteiger partial charge in [0, 0.05) is 12.6 Å². The van der Waals surface area contributed by atoms with Gasteiger partial charge in [-0.25, -0.2) is 4.98 Å². The highest BCUT2D eigenvalue weighted by Crippen LogP contribution is 2.35. The maximum atomic E-state index is 12.1. The molecule has 0 fully saturated rings. The molecule has 1 aliphatic heterocycles. The molecule has 0 radical (unpaired) electrons. The van der Waals surface area contributed by atoms with Crippen LogP contribution in [-0.2, 0) is 13.2 Å². The van der Waals surface area contributed by atoms with Crippen LogP contribution in [0.25, 0.3) is 0 Å². The zero-order valence-electron chi connectivity index (χ0n) is 13.8. The molecule has 1 N–H and O–H groups in total. The molecule has 1 aromatic heterocycles. The Kier molecular flexibility index (Phi) is 4.42. The Morgan fingerprint density at radius 3 is 2.85 bits per heavy atom. The van der Waals surface area contributed by atoms with Crippen molar-refractivity contribution in [2.45, 2.75) is 13.2 Å². The lowest BCUT2D eigenvalue weighted by Crippen LogP contribution is -2.23. The fraction of sp³-hybridized carbons (Fsp3) is 0.158. The van der Waals surface area contributed by atoms with Crippen LogP contribution in [-0.4, -0.2) is 17.7 Å². The van der Waals surface area contributed by atoms with Gasteiger partial charge >= 0.3 is 0 Å². The van der Waals surface area contributed by atoms with Crippen molar-refractivity contribution < 1.29 is 23.4 Å². The second-order valence-electron chi connectivity index (χ2n) is 5.60. The van der Waals surface area contributed by atoms with Gasteiger partial charge in [0.1, 0.15) is 12.0 Å². The minimum Gasteiger partial charge on any atom is -0.484 e. The molecule has 2 aromatic carbocycles. The lowest BCUT2D eigenvalue weighted by Gasteiger charge is -2.04. The van der Waals surface area contributed by atoms with Gasteiger partial charge in [0.2, 0.25) is 12.7 Å². The summed E-state index contributed by atoms with van der Waals surface area (Å²) < 4.78 is 21.5. The predicted molar refractivity (Wildman–Crippen MR) is 91.0 cm³/mol. The largest absolute Gasteiger partial charge is 0.484 e. The number of benzene rings is 2. The number of amides is 1. The SMILES string of the molecule is O=C(NCc1ccccc1)c1coc(COc2ccc3c(c2)OCO3)n1. The van der Waals surface area contributed by atoms with E-state index >= 15 is 0 Å². The predicted octanol–water partition coefficient (Wildman–Crippen LogP) is 2.91. The zero-order chi connectivity index (χ0) is 17.8. The van der Waals surface area contributed by atoms with E-state index in [-0.39, 0.29) is 25.0 Å². The normalized spacial score (nSPS) is 12.0. The number of fused-ring (bicyclic) bond motifs is 1. The van der Waals surface area contributed by atoms with Crippen LogP contribution in [0.2, 0.25) is 0 Å². The third-order valence-corrected chi connectivity index (χ3v) is 3.79. The fourth-order valence-electron chi connectivity index (χ4n) is 2.46. The molecule has 2 heterocycles. The van der Waals surface area contributed by atoms with Crippen LogP contribution in [0.4, 0.5) is 0 Å². The Bertz CT molecular complexity index is 907. The van der Waals surface area contributed by atoms with E-state index in [4.69, 9.17) is 18.6 Å². The summed E-state index contributed by atoms with van der Waals surface area (Å²) in [6.45, 7) is 0.737. The summed E-state index contributed by atoms with van der Waals surface area (Å²) in [5.41, 5.74) is 1.22. The zero-order valence-corrected chi connectivity index (χ0v) is 13.8. The van der Waals surface area contributed by atoms with Gasteiger partial charge in [0.05, 0.1) is 0 Å². The average Bonchev–Trinajstić information content (AvgIpc) is 3.34. The maximum absolute atomic E-state index is 12.1. The van der Waals surface area contributed by atoms with Gasteiger partial charge in [-0.15, -0.1) is 0 Å². The van der Waals surface area contributed by atoms with Crippen LogP contribution in [0.3, 0.4) is 0 Å². The highest BCUT2D eigenvalue weighted by atomic mass is 16.7. The summed E-state index contributed by atoms with van der Waals surface area (Å²) in [7, 11) is 0. The fourth-order valence-corrected chi connectivity index (χ4v) is 2.46. The molecule has 0 aliphatic carbocycles. The van der Waals surface area contributed by atoms with Crippen molar-refractivity contribution in [2.75, 3.05) is 6.79 Å². The van der Waals surface area contributed by atoms with E-state index in [1.54, 1.807) is 18.2 Å². The molecule has 7 heteroatoms. The number of rotatable bonds is 6. The highest BCUT2D eigenvalue weighted by molar-refractivity contribution is 5.91. The van der Waals surface area contributed by atoms with E-state index in [1.807, 2.05) is 30.3 Å². The minimum atomic E-state index is -0.299. The molecule has 4 rings (SSSR count). The van der Waals surface area contributed by atoms with Crippen LogP contribution < -0.4 is 19.5 Å². The van der Waals surface area contributed by atoms with Crippen LogP contribution in [0.15, 0.2) is 59.2 Å². The summed E-state index contributed by atoms with van der Waals surface area (Å²) in [6, 6.07) is 14.9. The molecule has 0 spiro atoms. The van der Waals surface area contributed by atoms with Gasteiger partial charge < -0.3 is 23.9 Å². The summed E-state index contributed by atoms with van der Waals surface area (Å²) >= 11 is 0. The first-order chi connectivity index (χ1) is 12.8. The van der Waals surface area contributed by atoms with E-state index in [0.717, 1.165) is 5.56 Å². The third-order valence-electron chi connectivity index (χ3n) is 3.79. The van der Waals surface area contributed by atoms with Gasteiger partial charge in [-0.3, -0.25) is 4.79 Å². The summed E-state index contributed by atoms with van der Waals surface area (Å²) in [4.78, 5) is 16.3. The number of carbonyl (C=O) groups excluding carboxylic acids is 1. The van der Waals surface area contributed by atoms with Gasteiger partial charge in [-0.1, -0.05) is 30.3 Å². The molecule has 26 heavy (non-hydrogen) atoms. The number of hydrogen-bond acceptors (Lipinski definition) is 6. The molecule has 0 atom stereocenters. The lowest BCUT2D eigenvalue weighted by atomic mass is 10.2. The molecule has 132 valence electrons. The number of hydrogen-bond donors (Lipinski definition) is 1. The molecule has 3 aromatic rings. The van der Waals surface area contributed by atoms with Crippen molar-refractivity contribution in [3.63, 3.8) is 0 Å².